The van der Waals surface area contributed by atoms with Crippen molar-refractivity contribution in [1.29, 1.82) is 0 Å². The van der Waals surface area contributed by atoms with Gasteiger partial charge >= 0.3 is 6.18 Å². The molecule has 0 amide bonds. The van der Waals surface area contributed by atoms with E-state index in [1.807, 2.05) is 13.8 Å². The number of hydrogen-bond acceptors (Lipinski definition) is 3. The second kappa shape index (κ2) is 7.73. The Labute approximate surface area is 139 Å². The van der Waals surface area contributed by atoms with Gasteiger partial charge in [0.05, 0.1) is 17.7 Å². The summed E-state index contributed by atoms with van der Waals surface area (Å²) in [7, 11) is 0. The summed E-state index contributed by atoms with van der Waals surface area (Å²) >= 11 is 5.74. The van der Waals surface area contributed by atoms with E-state index in [1.54, 1.807) is 0 Å². The van der Waals surface area contributed by atoms with Crippen LogP contribution in [0.2, 0.25) is 5.02 Å². The van der Waals surface area contributed by atoms with Crippen LogP contribution in [0.1, 0.15) is 25.8 Å². The van der Waals surface area contributed by atoms with Gasteiger partial charge in [-0.15, -0.1) is 0 Å². The third-order valence-corrected chi connectivity index (χ3v) is 4.07. The fraction of sp³-hybridized carbons (Fsp3) is 0.625. The van der Waals surface area contributed by atoms with Gasteiger partial charge in [-0.05, 0) is 38.9 Å². The van der Waals surface area contributed by atoms with Crippen LogP contribution in [0.25, 0.3) is 0 Å². The normalized spacial score (nSPS) is 20.0. The van der Waals surface area contributed by atoms with Crippen LogP contribution in [-0.4, -0.2) is 31.9 Å². The molecule has 0 bridgehead atoms. The van der Waals surface area contributed by atoms with E-state index in [9.17, 15) is 13.2 Å². The zero-order valence-corrected chi connectivity index (χ0v) is 13.9. The van der Waals surface area contributed by atoms with Crippen molar-refractivity contribution < 1.29 is 22.6 Å². The molecule has 2 rings (SSSR count). The van der Waals surface area contributed by atoms with Crippen molar-refractivity contribution in [1.82, 2.24) is 5.32 Å². The van der Waals surface area contributed by atoms with Crippen molar-refractivity contribution in [3.05, 3.63) is 28.8 Å². The Morgan fingerprint density at radius 1 is 1.35 bits per heavy atom. The molecular weight excluding hydrogens is 331 g/mol. The maximum absolute atomic E-state index is 13.2. The fourth-order valence-corrected chi connectivity index (χ4v) is 2.86. The summed E-state index contributed by atoms with van der Waals surface area (Å²) in [5.41, 5.74) is -0.929. The highest BCUT2D eigenvalue weighted by Gasteiger charge is 2.38. The van der Waals surface area contributed by atoms with Crippen LogP contribution in [0.15, 0.2) is 18.2 Å². The van der Waals surface area contributed by atoms with Gasteiger partial charge in [0, 0.05) is 12.5 Å². The molecule has 23 heavy (non-hydrogen) atoms. The number of benzene rings is 1. The predicted octanol–water partition coefficient (Wildman–Crippen LogP) is 4.14. The van der Waals surface area contributed by atoms with Crippen LogP contribution >= 0.6 is 11.6 Å². The van der Waals surface area contributed by atoms with Crippen molar-refractivity contribution in [3.63, 3.8) is 0 Å². The van der Waals surface area contributed by atoms with Crippen molar-refractivity contribution >= 4 is 11.6 Å². The average molecular weight is 352 g/mol. The number of hydrogen-bond donors (Lipinski definition) is 1. The topological polar surface area (TPSA) is 30.5 Å². The molecule has 0 aromatic heterocycles. The molecule has 0 aliphatic carbocycles. The summed E-state index contributed by atoms with van der Waals surface area (Å²) in [5.74, 6) is -0.136. The van der Waals surface area contributed by atoms with Gasteiger partial charge in [-0.1, -0.05) is 17.7 Å². The first kappa shape index (κ1) is 18.4. The minimum Gasteiger partial charge on any atom is -0.487 e. The smallest absolute Gasteiger partial charge is 0.421 e. The monoisotopic (exact) mass is 351 g/mol. The Kier molecular flexibility index (Phi) is 6.17. The summed E-state index contributed by atoms with van der Waals surface area (Å²) in [4.78, 5) is 0. The molecule has 130 valence electrons. The van der Waals surface area contributed by atoms with Crippen LogP contribution in [0.4, 0.5) is 13.2 Å². The zero-order chi connectivity index (χ0) is 17.0. The quantitative estimate of drug-likeness (QED) is 0.835. The van der Waals surface area contributed by atoms with E-state index in [1.165, 1.54) is 18.2 Å². The van der Waals surface area contributed by atoms with Gasteiger partial charge in [-0.3, -0.25) is 0 Å². The van der Waals surface area contributed by atoms with E-state index >= 15 is 0 Å². The van der Waals surface area contributed by atoms with Crippen molar-refractivity contribution in [3.8, 4) is 5.75 Å². The van der Waals surface area contributed by atoms with Gasteiger partial charge in [0.15, 0.2) is 0 Å². The van der Waals surface area contributed by atoms with E-state index in [-0.39, 0.29) is 29.4 Å². The Hall–Kier alpha value is -0.980. The number of ether oxygens (including phenoxy) is 2. The second-order valence-corrected chi connectivity index (χ2v) is 6.31. The Balaban J connectivity index is 2.23. The van der Waals surface area contributed by atoms with E-state index in [2.05, 4.69) is 5.32 Å². The lowest BCUT2D eigenvalue weighted by Crippen LogP contribution is -2.34. The Morgan fingerprint density at radius 3 is 2.65 bits per heavy atom. The Morgan fingerprint density at radius 2 is 2.09 bits per heavy atom. The highest BCUT2D eigenvalue weighted by molar-refractivity contribution is 6.31. The molecule has 1 aliphatic heterocycles. The molecule has 1 heterocycles. The molecular formula is C16H21ClF3NO2. The average Bonchev–Trinajstić information content (AvgIpc) is 2.95. The van der Waals surface area contributed by atoms with Crippen LogP contribution in [0, 0.1) is 5.92 Å². The predicted molar refractivity (Wildman–Crippen MR) is 82.9 cm³/mol. The molecule has 3 nitrogen and oxygen atoms in total. The van der Waals surface area contributed by atoms with E-state index in [0.717, 1.165) is 13.0 Å². The second-order valence-electron chi connectivity index (χ2n) is 5.90. The van der Waals surface area contributed by atoms with Crippen molar-refractivity contribution in [2.45, 2.75) is 38.7 Å². The fourth-order valence-electron chi connectivity index (χ4n) is 2.59. The van der Waals surface area contributed by atoms with Crippen molar-refractivity contribution in [2.24, 2.45) is 5.92 Å². The van der Waals surface area contributed by atoms with E-state index in [0.29, 0.717) is 6.54 Å². The van der Waals surface area contributed by atoms with Crippen LogP contribution in [0.5, 0.6) is 5.75 Å². The third-order valence-electron chi connectivity index (χ3n) is 3.76. The van der Waals surface area contributed by atoms with E-state index in [4.69, 9.17) is 21.1 Å². The summed E-state index contributed by atoms with van der Waals surface area (Å²) in [6, 6.07) is 3.98. The minimum atomic E-state index is -4.56. The number of alkyl halides is 3. The lowest BCUT2D eigenvalue weighted by Gasteiger charge is -2.27. The largest absolute Gasteiger partial charge is 0.487 e. The van der Waals surface area contributed by atoms with Crippen LogP contribution in [0.3, 0.4) is 0 Å². The molecule has 2 atom stereocenters. The molecule has 1 N–H and O–H groups in total. The van der Waals surface area contributed by atoms with Crippen LogP contribution < -0.4 is 10.1 Å². The summed E-state index contributed by atoms with van der Waals surface area (Å²) in [5, 5.41) is 2.84. The molecule has 0 unspecified atom stereocenters. The maximum Gasteiger partial charge on any atom is 0.421 e. The van der Waals surface area contributed by atoms with Gasteiger partial charge in [-0.25, -0.2) is 0 Å². The molecule has 1 fully saturated rings. The molecule has 1 saturated heterocycles. The van der Waals surface area contributed by atoms with Gasteiger partial charge in [0.2, 0.25) is 0 Å². The van der Waals surface area contributed by atoms with Crippen LogP contribution in [-0.2, 0) is 10.9 Å². The molecule has 1 aromatic rings. The molecule has 7 heteroatoms. The van der Waals surface area contributed by atoms with E-state index < -0.39 is 17.8 Å². The summed E-state index contributed by atoms with van der Waals surface area (Å²) < 4.78 is 51.0. The molecule has 1 aromatic carbocycles. The first-order chi connectivity index (χ1) is 10.8. The Bertz CT molecular complexity index is 517. The van der Waals surface area contributed by atoms with Crippen molar-refractivity contribution in [2.75, 3.05) is 19.7 Å². The molecule has 1 aliphatic rings. The molecule has 0 radical (unpaired) electrons. The zero-order valence-electron chi connectivity index (χ0n) is 13.1. The summed E-state index contributed by atoms with van der Waals surface area (Å²) in [6.45, 7) is 5.53. The molecule has 0 saturated carbocycles. The lowest BCUT2D eigenvalue weighted by atomic mass is 10.0. The first-order valence-electron chi connectivity index (χ1n) is 7.63. The highest BCUT2D eigenvalue weighted by atomic mass is 35.5. The highest BCUT2D eigenvalue weighted by Crippen LogP contribution is 2.41. The third kappa shape index (κ3) is 4.99. The number of nitrogens with one attached hydrogen (secondary N) is 1. The maximum atomic E-state index is 13.2. The van der Waals surface area contributed by atoms with Gasteiger partial charge in [0.1, 0.15) is 17.4 Å². The minimum absolute atomic E-state index is 0.0167. The number of rotatable bonds is 6. The lowest BCUT2D eigenvalue weighted by molar-refractivity contribution is -0.139. The van der Waals surface area contributed by atoms with Gasteiger partial charge in [0.25, 0.3) is 0 Å². The SMILES string of the molecule is CC(C)OC[C@@H](Oc1cccc(Cl)c1C(F)(F)F)[C@@H]1CCNC1. The van der Waals surface area contributed by atoms with Gasteiger partial charge in [-0.2, -0.15) is 13.2 Å². The molecule has 0 spiro atoms. The summed E-state index contributed by atoms with van der Waals surface area (Å²) in [6.07, 6.45) is -4.19. The first-order valence-corrected chi connectivity index (χ1v) is 8.01. The standard InChI is InChI=1S/C16H21ClF3NO2/c1-10(2)22-9-14(11-6-7-21-8-11)23-13-5-3-4-12(17)15(13)16(18,19)20/h3-5,10-11,14,21H,6-9H2,1-2H3/t11-,14-/m1/s1. The van der Waals surface area contributed by atoms with Gasteiger partial charge < -0.3 is 14.8 Å². The number of halogens is 4.